The van der Waals surface area contributed by atoms with Crippen molar-refractivity contribution in [1.82, 2.24) is 4.98 Å². The van der Waals surface area contributed by atoms with Gasteiger partial charge in [-0.1, -0.05) is 32.9 Å². The van der Waals surface area contributed by atoms with Gasteiger partial charge < -0.3 is 14.9 Å². The Labute approximate surface area is 199 Å². The molecule has 0 spiro atoms. The van der Waals surface area contributed by atoms with Crippen molar-refractivity contribution in [2.75, 3.05) is 0 Å². The fraction of sp³-hybridized carbons (Fsp3) is 0.600. The van der Waals surface area contributed by atoms with Crippen LogP contribution in [-0.4, -0.2) is 51.0 Å². The second-order valence-corrected chi connectivity index (χ2v) is 9.96. The normalized spacial score (nSPS) is 32.5. The van der Waals surface area contributed by atoms with Gasteiger partial charge in [0.2, 0.25) is 0 Å². The Balaban J connectivity index is 2.27. The predicted octanol–water partition coefficient (Wildman–Crippen LogP) is 3.67. The standard InChI is InChI=1S/C25H35NO6S/c1-14(11-19-13-33-18(5)26-19)22-10-8-6-7-9-20(27)15(2)24(30)17(4)25(31)16(3)21(28)12-23(29)32-22/h6,8,11,13,15-17,21-22,24,28,30H,7,9-10,12H2,1-5H3/b8-6-,14-11+/t15-,16+,17+,21-,22-,24-/m0/s1. The van der Waals surface area contributed by atoms with Crippen molar-refractivity contribution in [3.63, 3.8) is 0 Å². The van der Waals surface area contributed by atoms with E-state index in [0.717, 1.165) is 16.3 Å². The van der Waals surface area contributed by atoms with Crippen LogP contribution in [0.4, 0.5) is 0 Å². The van der Waals surface area contributed by atoms with Gasteiger partial charge in [0.05, 0.1) is 29.3 Å². The van der Waals surface area contributed by atoms with E-state index in [1.807, 2.05) is 37.5 Å². The molecule has 0 saturated heterocycles. The second kappa shape index (κ2) is 12.3. The Bertz CT molecular complexity index is 904. The second-order valence-electron chi connectivity index (χ2n) is 8.90. The highest BCUT2D eigenvalue weighted by Crippen LogP contribution is 2.24. The molecule has 0 unspecified atom stereocenters. The number of aliphatic hydroxyl groups excluding tert-OH is 2. The van der Waals surface area contributed by atoms with Crippen LogP contribution in [0.3, 0.4) is 0 Å². The van der Waals surface area contributed by atoms with Gasteiger partial charge >= 0.3 is 5.97 Å². The maximum atomic E-state index is 12.8. The Kier molecular flexibility index (Phi) is 10.1. The molecule has 1 aromatic heterocycles. The number of cyclic esters (lactones) is 1. The van der Waals surface area contributed by atoms with Crippen LogP contribution in [0.5, 0.6) is 0 Å². The number of allylic oxidation sites excluding steroid dienone is 1. The molecular formula is C25H35NO6S. The monoisotopic (exact) mass is 477 g/mol. The molecule has 8 heteroatoms. The van der Waals surface area contributed by atoms with E-state index in [9.17, 15) is 24.6 Å². The number of ketones is 2. The van der Waals surface area contributed by atoms with Crippen LogP contribution < -0.4 is 0 Å². The number of hydrogen-bond acceptors (Lipinski definition) is 8. The summed E-state index contributed by atoms with van der Waals surface area (Å²) in [4.78, 5) is 42.3. The van der Waals surface area contributed by atoms with Crippen molar-refractivity contribution in [3.8, 4) is 0 Å². The zero-order valence-electron chi connectivity index (χ0n) is 20.0. The van der Waals surface area contributed by atoms with Crippen LogP contribution in [0.25, 0.3) is 6.08 Å². The van der Waals surface area contributed by atoms with E-state index in [2.05, 4.69) is 4.98 Å². The number of carbonyl (C=O) groups excluding carboxylic acids is 3. The number of ether oxygens (including phenoxy) is 1. The molecule has 182 valence electrons. The average Bonchev–Trinajstić information content (AvgIpc) is 3.18. The van der Waals surface area contributed by atoms with Crippen LogP contribution >= 0.6 is 11.3 Å². The highest BCUT2D eigenvalue weighted by atomic mass is 32.1. The molecular weight excluding hydrogens is 442 g/mol. The van der Waals surface area contributed by atoms with E-state index < -0.39 is 42.0 Å². The molecule has 0 saturated carbocycles. The van der Waals surface area contributed by atoms with E-state index >= 15 is 0 Å². The SMILES string of the molecule is C/C(=C\c1csc(C)n1)[C@@H]1C/C=C\CCC(=O)[C@H](C)[C@H](O)[C@@H](C)C(=O)[C@H](C)[C@@H](O)CC(=O)O1. The summed E-state index contributed by atoms with van der Waals surface area (Å²) in [5, 5.41) is 23.9. The Hall–Kier alpha value is -2.16. The third-order valence-electron chi connectivity index (χ3n) is 6.25. The van der Waals surface area contributed by atoms with Crippen molar-refractivity contribution >= 4 is 34.9 Å². The van der Waals surface area contributed by atoms with Gasteiger partial charge in [0.1, 0.15) is 17.7 Å². The number of aryl methyl sites for hydroxylation is 1. The summed E-state index contributed by atoms with van der Waals surface area (Å²) in [6.45, 7) is 8.46. The number of esters is 1. The lowest BCUT2D eigenvalue weighted by molar-refractivity contribution is -0.151. The molecule has 0 bridgehead atoms. The van der Waals surface area contributed by atoms with Crippen LogP contribution in [-0.2, 0) is 19.1 Å². The van der Waals surface area contributed by atoms with E-state index in [-0.39, 0.29) is 24.4 Å². The maximum Gasteiger partial charge on any atom is 0.309 e. The van der Waals surface area contributed by atoms with E-state index in [0.29, 0.717) is 12.8 Å². The first kappa shape index (κ1) is 27.1. The van der Waals surface area contributed by atoms with Gasteiger partial charge in [-0.05, 0) is 31.9 Å². The molecule has 0 fully saturated rings. The first-order chi connectivity index (χ1) is 15.5. The third-order valence-corrected chi connectivity index (χ3v) is 7.04. The minimum absolute atomic E-state index is 0.120. The van der Waals surface area contributed by atoms with Gasteiger partial charge in [-0.25, -0.2) is 4.98 Å². The molecule has 2 N–H and O–H groups in total. The molecule has 2 heterocycles. The zero-order valence-corrected chi connectivity index (χ0v) is 20.8. The van der Waals surface area contributed by atoms with Crippen LogP contribution in [0.1, 0.15) is 64.1 Å². The van der Waals surface area contributed by atoms with Crippen LogP contribution in [0.15, 0.2) is 23.1 Å². The van der Waals surface area contributed by atoms with Crippen molar-refractivity contribution in [1.29, 1.82) is 0 Å². The molecule has 7 nitrogen and oxygen atoms in total. The van der Waals surface area contributed by atoms with E-state index in [1.54, 1.807) is 13.8 Å². The Morgan fingerprint density at radius 2 is 1.82 bits per heavy atom. The average molecular weight is 478 g/mol. The molecule has 33 heavy (non-hydrogen) atoms. The number of nitrogens with zero attached hydrogens (tertiary/aromatic N) is 1. The lowest BCUT2D eigenvalue weighted by Crippen LogP contribution is -2.40. The van der Waals surface area contributed by atoms with Gasteiger partial charge in [-0.2, -0.15) is 0 Å². The van der Waals surface area contributed by atoms with Crippen LogP contribution in [0.2, 0.25) is 0 Å². The summed E-state index contributed by atoms with van der Waals surface area (Å²) < 4.78 is 5.66. The molecule has 0 radical (unpaired) electrons. The van der Waals surface area contributed by atoms with Crippen molar-refractivity contribution < 1.29 is 29.3 Å². The Morgan fingerprint density at radius 3 is 2.45 bits per heavy atom. The van der Waals surface area contributed by atoms with Gasteiger partial charge in [-0.15, -0.1) is 11.3 Å². The van der Waals surface area contributed by atoms with Gasteiger partial charge in [0.25, 0.3) is 0 Å². The molecule has 0 aliphatic carbocycles. The summed E-state index contributed by atoms with van der Waals surface area (Å²) in [5.41, 5.74) is 1.59. The minimum Gasteiger partial charge on any atom is -0.457 e. The van der Waals surface area contributed by atoms with E-state index in [4.69, 9.17) is 4.74 Å². The van der Waals surface area contributed by atoms with Crippen molar-refractivity contribution in [3.05, 3.63) is 33.8 Å². The maximum absolute atomic E-state index is 12.8. The van der Waals surface area contributed by atoms with E-state index in [1.165, 1.54) is 18.3 Å². The van der Waals surface area contributed by atoms with Gasteiger partial charge in [-0.3, -0.25) is 14.4 Å². The molecule has 0 amide bonds. The van der Waals surface area contributed by atoms with Crippen LogP contribution in [0, 0.1) is 24.7 Å². The van der Waals surface area contributed by atoms with Crippen molar-refractivity contribution in [2.45, 2.75) is 78.6 Å². The summed E-state index contributed by atoms with van der Waals surface area (Å²) in [6, 6.07) is 0. The highest BCUT2D eigenvalue weighted by molar-refractivity contribution is 7.09. The fourth-order valence-electron chi connectivity index (χ4n) is 3.84. The number of hydrogen-bond donors (Lipinski definition) is 2. The first-order valence-corrected chi connectivity index (χ1v) is 12.3. The third kappa shape index (κ3) is 7.69. The number of thiazole rings is 1. The number of rotatable bonds is 2. The molecule has 1 aliphatic heterocycles. The lowest BCUT2D eigenvalue weighted by Gasteiger charge is -2.27. The summed E-state index contributed by atoms with van der Waals surface area (Å²) >= 11 is 1.53. The minimum atomic E-state index is -1.25. The van der Waals surface area contributed by atoms with Crippen molar-refractivity contribution in [2.24, 2.45) is 17.8 Å². The summed E-state index contributed by atoms with van der Waals surface area (Å²) in [5.74, 6) is -3.53. The van der Waals surface area contributed by atoms with Gasteiger partial charge in [0.15, 0.2) is 0 Å². The Morgan fingerprint density at radius 1 is 1.12 bits per heavy atom. The molecule has 6 atom stereocenters. The smallest absolute Gasteiger partial charge is 0.309 e. The predicted molar refractivity (Wildman–Crippen MR) is 128 cm³/mol. The number of aromatic nitrogens is 1. The topological polar surface area (TPSA) is 114 Å². The summed E-state index contributed by atoms with van der Waals surface area (Å²) in [7, 11) is 0. The largest absolute Gasteiger partial charge is 0.457 e. The first-order valence-electron chi connectivity index (χ1n) is 11.4. The van der Waals surface area contributed by atoms with Gasteiger partial charge in [0, 0.05) is 36.0 Å². The quantitative estimate of drug-likeness (QED) is 0.493. The molecule has 1 aromatic rings. The molecule has 1 aliphatic rings. The molecule has 0 aromatic carbocycles. The number of carbonyl (C=O) groups is 3. The number of Topliss-reactive ketones (excluding diaryl/α,β-unsaturated/α-hetero) is 2. The lowest BCUT2D eigenvalue weighted by atomic mass is 9.81. The zero-order chi connectivity index (χ0) is 24.7. The highest BCUT2D eigenvalue weighted by Gasteiger charge is 2.35. The molecule has 2 rings (SSSR count). The fourth-order valence-corrected chi connectivity index (χ4v) is 4.41. The number of aliphatic hydroxyl groups is 2. The summed E-state index contributed by atoms with van der Waals surface area (Å²) in [6.07, 6.45) is 3.44.